The Hall–Kier alpha value is -2.39. The van der Waals surface area contributed by atoms with Gasteiger partial charge >= 0.3 is 5.63 Å². The maximum absolute atomic E-state index is 12.9. The van der Waals surface area contributed by atoms with E-state index < -0.39 is 15.6 Å². The van der Waals surface area contributed by atoms with Gasteiger partial charge in [-0.25, -0.2) is 17.2 Å². The maximum Gasteiger partial charge on any atom is 0.362 e. The zero-order valence-corrected chi connectivity index (χ0v) is 16.3. The highest BCUT2D eigenvalue weighted by Crippen LogP contribution is 2.31. The van der Waals surface area contributed by atoms with Crippen molar-refractivity contribution in [3.05, 3.63) is 86.9 Å². The second-order valence-electron chi connectivity index (χ2n) is 5.59. The Morgan fingerprint density at radius 3 is 2.15 bits per heavy atom. The highest BCUT2D eigenvalue weighted by Gasteiger charge is 2.23. The first kappa shape index (κ1) is 17.0. The molecule has 0 amide bonds. The van der Waals surface area contributed by atoms with Crippen molar-refractivity contribution in [2.24, 2.45) is 0 Å². The Balaban J connectivity index is 1.99. The van der Waals surface area contributed by atoms with Crippen LogP contribution in [0.2, 0.25) is 0 Å². The first-order chi connectivity index (χ1) is 12.5. The van der Waals surface area contributed by atoms with E-state index in [1.165, 1.54) is 18.3 Å². The third-order valence-electron chi connectivity index (χ3n) is 4.01. The molecule has 2 aromatic carbocycles. The molecule has 5 nitrogen and oxygen atoms in total. The molecule has 0 fully saturated rings. The van der Waals surface area contributed by atoms with Gasteiger partial charge in [0, 0.05) is 17.1 Å². The Kier molecular flexibility index (Phi) is 4.20. The van der Waals surface area contributed by atoms with Crippen molar-refractivity contribution in [2.75, 3.05) is 0 Å². The van der Waals surface area contributed by atoms with E-state index in [1.807, 2.05) is 30.3 Å². The number of fused-ring (bicyclic) bond motifs is 1. The van der Waals surface area contributed by atoms with Crippen molar-refractivity contribution in [3.8, 4) is 11.3 Å². The van der Waals surface area contributed by atoms with Gasteiger partial charge in [-0.05, 0) is 40.8 Å². The van der Waals surface area contributed by atoms with E-state index in [-0.39, 0.29) is 10.4 Å². The molecule has 2 heterocycles. The molecule has 0 bridgehead atoms. The summed E-state index contributed by atoms with van der Waals surface area (Å²) >= 11 is 2.07. The molecule has 0 unspecified atom stereocenters. The molecule has 0 aliphatic carbocycles. The minimum Gasteiger partial charge on any atom is -0.420 e. The number of rotatable bonds is 3. The van der Waals surface area contributed by atoms with Gasteiger partial charge in [0.1, 0.15) is 0 Å². The molecule has 130 valence electrons. The van der Waals surface area contributed by atoms with Crippen molar-refractivity contribution in [1.82, 2.24) is 3.97 Å². The lowest BCUT2D eigenvalue weighted by atomic mass is 10.1. The molecule has 0 radical (unpaired) electrons. The van der Waals surface area contributed by atoms with E-state index in [2.05, 4.69) is 22.6 Å². The highest BCUT2D eigenvalue weighted by molar-refractivity contribution is 14.1. The zero-order valence-electron chi connectivity index (χ0n) is 13.3. The number of halogens is 1. The fraction of sp³-hybridized carbons (Fsp3) is 0. The van der Waals surface area contributed by atoms with Crippen LogP contribution in [-0.4, -0.2) is 12.4 Å². The Bertz CT molecular complexity index is 1260. The summed E-state index contributed by atoms with van der Waals surface area (Å²) in [5.41, 5.74) is 0.0799. The Morgan fingerprint density at radius 1 is 0.885 bits per heavy atom. The number of hydrogen-bond acceptors (Lipinski definition) is 4. The van der Waals surface area contributed by atoms with Gasteiger partial charge in [-0.15, -0.1) is 0 Å². The monoisotopic (exact) mass is 477 g/mol. The van der Waals surface area contributed by atoms with Crippen molar-refractivity contribution < 1.29 is 12.8 Å². The standard InChI is InChI=1S/C19H12INO4S/c20-16-15-11-12-21(26(23,24)14-9-5-2-6-10-14)17(15)19(22)25-18(16)13-7-3-1-4-8-13/h1-12H. The highest BCUT2D eigenvalue weighted by atomic mass is 127. The van der Waals surface area contributed by atoms with Crippen molar-refractivity contribution in [1.29, 1.82) is 0 Å². The number of hydrogen-bond donors (Lipinski definition) is 0. The Labute approximate surface area is 163 Å². The van der Waals surface area contributed by atoms with Crippen molar-refractivity contribution in [3.63, 3.8) is 0 Å². The SMILES string of the molecule is O=c1oc(-c2ccccc2)c(I)c2ccn(S(=O)(=O)c3ccccc3)c12. The van der Waals surface area contributed by atoms with Crippen LogP contribution in [0.5, 0.6) is 0 Å². The van der Waals surface area contributed by atoms with Gasteiger partial charge < -0.3 is 4.42 Å². The quantitative estimate of drug-likeness (QED) is 0.417. The van der Waals surface area contributed by atoms with Gasteiger partial charge in [-0.1, -0.05) is 48.5 Å². The van der Waals surface area contributed by atoms with Gasteiger partial charge in [0.2, 0.25) is 0 Å². The molecular weight excluding hydrogens is 465 g/mol. The summed E-state index contributed by atoms with van der Waals surface area (Å²) in [6.07, 6.45) is 1.39. The van der Waals surface area contributed by atoms with Crippen LogP contribution in [0.4, 0.5) is 0 Å². The van der Waals surface area contributed by atoms with Crippen LogP contribution in [-0.2, 0) is 10.0 Å². The lowest BCUT2D eigenvalue weighted by Gasteiger charge is -2.08. The van der Waals surface area contributed by atoms with E-state index in [1.54, 1.807) is 24.3 Å². The van der Waals surface area contributed by atoms with Gasteiger partial charge in [0.15, 0.2) is 11.3 Å². The summed E-state index contributed by atoms with van der Waals surface area (Å²) in [6.45, 7) is 0. The summed E-state index contributed by atoms with van der Waals surface area (Å²) in [7, 11) is -3.89. The smallest absolute Gasteiger partial charge is 0.362 e. The van der Waals surface area contributed by atoms with E-state index in [0.717, 1.165) is 9.54 Å². The molecule has 0 atom stereocenters. The average Bonchev–Trinajstić information content (AvgIpc) is 3.13. The van der Waals surface area contributed by atoms with Crippen LogP contribution in [0, 0.1) is 3.57 Å². The molecule has 0 saturated carbocycles. The second-order valence-corrected chi connectivity index (χ2v) is 8.48. The Morgan fingerprint density at radius 2 is 1.50 bits per heavy atom. The fourth-order valence-corrected chi connectivity index (χ4v) is 5.00. The molecule has 0 spiro atoms. The van der Waals surface area contributed by atoms with Crippen LogP contribution >= 0.6 is 22.6 Å². The number of benzene rings is 2. The molecular formula is C19H12INO4S. The zero-order chi connectivity index (χ0) is 18.3. The molecule has 0 N–H and O–H groups in total. The summed E-state index contributed by atoms with van der Waals surface area (Å²) in [6, 6.07) is 18.9. The fourth-order valence-electron chi connectivity index (χ4n) is 2.78. The second kappa shape index (κ2) is 6.40. The van der Waals surface area contributed by atoms with Gasteiger partial charge in [-0.3, -0.25) is 0 Å². The molecule has 2 aromatic heterocycles. The van der Waals surface area contributed by atoms with Gasteiger partial charge in [0.05, 0.1) is 8.47 Å². The predicted molar refractivity (Wildman–Crippen MR) is 108 cm³/mol. The minimum atomic E-state index is -3.89. The van der Waals surface area contributed by atoms with E-state index in [4.69, 9.17) is 4.42 Å². The third kappa shape index (κ3) is 2.67. The summed E-state index contributed by atoms with van der Waals surface area (Å²) in [4.78, 5) is 12.7. The summed E-state index contributed by atoms with van der Waals surface area (Å²) in [5, 5.41) is 0.542. The van der Waals surface area contributed by atoms with Crippen LogP contribution in [0.25, 0.3) is 22.2 Å². The largest absolute Gasteiger partial charge is 0.420 e. The van der Waals surface area contributed by atoms with Gasteiger partial charge in [-0.2, -0.15) is 0 Å². The number of nitrogens with zero attached hydrogens (tertiary/aromatic N) is 1. The lowest BCUT2D eigenvalue weighted by Crippen LogP contribution is -2.16. The van der Waals surface area contributed by atoms with Crippen LogP contribution in [0.3, 0.4) is 0 Å². The van der Waals surface area contributed by atoms with Crippen LogP contribution in [0.15, 0.2) is 87.0 Å². The summed E-state index contributed by atoms with van der Waals surface area (Å²) in [5.74, 6) is 0.429. The van der Waals surface area contributed by atoms with Gasteiger partial charge in [0.25, 0.3) is 10.0 Å². The minimum absolute atomic E-state index is 0.0120. The lowest BCUT2D eigenvalue weighted by molar-refractivity contribution is 0.528. The maximum atomic E-state index is 12.9. The summed E-state index contributed by atoms with van der Waals surface area (Å²) < 4.78 is 33.0. The molecule has 0 aliphatic rings. The normalized spacial score (nSPS) is 11.7. The third-order valence-corrected chi connectivity index (χ3v) is 6.77. The topological polar surface area (TPSA) is 69.3 Å². The first-order valence-corrected chi connectivity index (χ1v) is 10.2. The molecule has 0 saturated heterocycles. The van der Waals surface area contributed by atoms with Crippen molar-refractivity contribution >= 4 is 43.5 Å². The van der Waals surface area contributed by atoms with Crippen molar-refractivity contribution in [2.45, 2.75) is 4.90 Å². The molecule has 0 aliphatic heterocycles. The van der Waals surface area contributed by atoms with E-state index in [0.29, 0.717) is 14.7 Å². The molecule has 4 rings (SSSR count). The van der Waals surface area contributed by atoms with E-state index >= 15 is 0 Å². The van der Waals surface area contributed by atoms with E-state index in [9.17, 15) is 13.2 Å². The molecule has 4 aromatic rings. The average molecular weight is 477 g/mol. The van der Waals surface area contributed by atoms with Crippen LogP contribution in [0.1, 0.15) is 0 Å². The molecule has 7 heteroatoms. The number of aromatic nitrogens is 1. The predicted octanol–water partition coefficient (Wildman–Crippen LogP) is 4.10. The van der Waals surface area contributed by atoms with Crippen LogP contribution < -0.4 is 5.63 Å². The molecule has 26 heavy (non-hydrogen) atoms. The first-order valence-electron chi connectivity index (χ1n) is 7.70.